The number of fused-ring (bicyclic) bond motifs is 1. The maximum Gasteiger partial charge on any atom is 0.0906 e. The van der Waals surface area contributed by atoms with Crippen LogP contribution in [0.3, 0.4) is 0 Å². The van der Waals surface area contributed by atoms with E-state index >= 15 is 0 Å². The summed E-state index contributed by atoms with van der Waals surface area (Å²) in [7, 11) is 0. The van der Waals surface area contributed by atoms with E-state index in [2.05, 4.69) is 11.9 Å². The number of aryl methyl sites for hydroxylation is 1. The van der Waals surface area contributed by atoms with E-state index in [1.807, 2.05) is 25.1 Å². The SMILES string of the molecule is CCCCc1c(C)nc2c(Cl)cccc2c1Cl. The van der Waals surface area contributed by atoms with Gasteiger partial charge in [0.2, 0.25) is 0 Å². The Balaban J connectivity index is 2.63. The van der Waals surface area contributed by atoms with Gasteiger partial charge >= 0.3 is 0 Å². The van der Waals surface area contributed by atoms with Crippen molar-refractivity contribution >= 4 is 34.1 Å². The number of aromatic nitrogens is 1. The first kappa shape index (κ1) is 12.7. The minimum absolute atomic E-state index is 0.662. The van der Waals surface area contributed by atoms with Gasteiger partial charge in [-0.3, -0.25) is 4.98 Å². The molecule has 0 N–H and O–H groups in total. The van der Waals surface area contributed by atoms with E-state index in [1.165, 1.54) is 0 Å². The highest BCUT2D eigenvalue weighted by Gasteiger charge is 2.12. The standard InChI is InChI=1S/C14H15Cl2N/c1-3-4-6-10-9(2)17-14-11(13(10)16)7-5-8-12(14)15/h5,7-8H,3-4,6H2,1-2H3. The van der Waals surface area contributed by atoms with Gasteiger partial charge in [0.15, 0.2) is 0 Å². The molecule has 90 valence electrons. The Labute approximate surface area is 112 Å². The molecule has 0 aliphatic heterocycles. The molecule has 0 amide bonds. The van der Waals surface area contributed by atoms with E-state index in [-0.39, 0.29) is 0 Å². The number of rotatable bonds is 3. The van der Waals surface area contributed by atoms with Crippen molar-refractivity contribution < 1.29 is 0 Å². The molecule has 0 atom stereocenters. The molecule has 1 aromatic carbocycles. The summed E-state index contributed by atoms with van der Waals surface area (Å²) in [5.74, 6) is 0. The van der Waals surface area contributed by atoms with Crippen LogP contribution in [0, 0.1) is 6.92 Å². The summed E-state index contributed by atoms with van der Waals surface area (Å²) in [5, 5.41) is 2.42. The summed E-state index contributed by atoms with van der Waals surface area (Å²) >= 11 is 12.6. The van der Waals surface area contributed by atoms with Crippen molar-refractivity contribution in [2.24, 2.45) is 0 Å². The highest BCUT2D eigenvalue weighted by Crippen LogP contribution is 2.32. The van der Waals surface area contributed by atoms with Crippen LogP contribution in [0.25, 0.3) is 10.9 Å². The lowest BCUT2D eigenvalue weighted by atomic mass is 10.0. The Morgan fingerprint density at radius 3 is 2.71 bits per heavy atom. The van der Waals surface area contributed by atoms with Crippen LogP contribution < -0.4 is 0 Å². The first-order chi connectivity index (χ1) is 8.15. The third-order valence-electron chi connectivity index (χ3n) is 2.98. The number of pyridine rings is 1. The largest absolute Gasteiger partial charge is 0.251 e. The van der Waals surface area contributed by atoms with Gasteiger partial charge in [0.1, 0.15) is 0 Å². The fraction of sp³-hybridized carbons (Fsp3) is 0.357. The molecule has 2 aromatic rings. The van der Waals surface area contributed by atoms with Crippen molar-refractivity contribution in [3.63, 3.8) is 0 Å². The zero-order chi connectivity index (χ0) is 12.4. The van der Waals surface area contributed by atoms with Crippen molar-refractivity contribution in [1.29, 1.82) is 0 Å². The molecule has 1 aromatic heterocycles. The predicted octanol–water partition coefficient (Wildman–Crippen LogP) is 5.19. The first-order valence-electron chi connectivity index (χ1n) is 5.88. The molecule has 0 spiro atoms. The van der Waals surface area contributed by atoms with Gasteiger partial charge in [0.05, 0.1) is 15.6 Å². The number of unbranched alkanes of at least 4 members (excludes halogenated alkanes) is 1. The molecule has 1 heterocycles. The van der Waals surface area contributed by atoms with Crippen LogP contribution in [-0.2, 0) is 6.42 Å². The molecule has 1 nitrogen and oxygen atoms in total. The maximum absolute atomic E-state index is 6.46. The zero-order valence-electron chi connectivity index (χ0n) is 10.1. The van der Waals surface area contributed by atoms with Crippen molar-refractivity contribution in [1.82, 2.24) is 4.98 Å². The number of para-hydroxylation sites is 1. The number of benzene rings is 1. The second kappa shape index (κ2) is 5.24. The average Bonchev–Trinajstić information content (AvgIpc) is 2.31. The van der Waals surface area contributed by atoms with Crippen LogP contribution in [0.2, 0.25) is 10.0 Å². The van der Waals surface area contributed by atoms with Crippen LogP contribution in [-0.4, -0.2) is 4.98 Å². The van der Waals surface area contributed by atoms with E-state index in [4.69, 9.17) is 23.2 Å². The summed E-state index contributed by atoms with van der Waals surface area (Å²) in [4.78, 5) is 4.57. The second-order valence-electron chi connectivity index (χ2n) is 4.23. The normalized spacial score (nSPS) is 11.1. The van der Waals surface area contributed by atoms with Gasteiger partial charge in [-0.2, -0.15) is 0 Å². The third-order valence-corrected chi connectivity index (χ3v) is 3.72. The van der Waals surface area contributed by atoms with Crippen LogP contribution in [0.1, 0.15) is 31.0 Å². The lowest BCUT2D eigenvalue weighted by Gasteiger charge is -2.11. The molecule has 2 rings (SSSR count). The summed E-state index contributed by atoms with van der Waals surface area (Å²) in [6, 6.07) is 5.74. The van der Waals surface area contributed by atoms with E-state index in [9.17, 15) is 0 Å². The molecular weight excluding hydrogens is 253 g/mol. The van der Waals surface area contributed by atoms with E-state index in [1.54, 1.807) is 0 Å². The van der Waals surface area contributed by atoms with Gasteiger partial charge in [-0.25, -0.2) is 0 Å². The molecule has 0 saturated heterocycles. The highest BCUT2D eigenvalue weighted by molar-refractivity contribution is 6.39. The molecule has 0 saturated carbocycles. The summed E-state index contributed by atoms with van der Waals surface area (Å²) < 4.78 is 0. The first-order valence-corrected chi connectivity index (χ1v) is 6.64. The summed E-state index contributed by atoms with van der Waals surface area (Å²) in [6.45, 7) is 4.17. The van der Waals surface area contributed by atoms with E-state index in [0.717, 1.165) is 46.4 Å². The molecule has 0 bridgehead atoms. The predicted molar refractivity (Wildman–Crippen MR) is 75.1 cm³/mol. The van der Waals surface area contributed by atoms with Crippen LogP contribution in [0.5, 0.6) is 0 Å². The minimum Gasteiger partial charge on any atom is -0.251 e. The van der Waals surface area contributed by atoms with Gasteiger partial charge in [0, 0.05) is 11.1 Å². The van der Waals surface area contributed by atoms with Gasteiger partial charge in [0.25, 0.3) is 0 Å². The molecule has 3 heteroatoms. The minimum atomic E-state index is 0.662. The van der Waals surface area contributed by atoms with Crippen LogP contribution in [0.4, 0.5) is 0 Å². The fourth-order valence-electron chi connectivity index (χ4n) is 2.01. The van der Waals surface area contributed by atoms with Gasteiger partial charge in [-0.05, 0) is 31.4 Å². The Morgan fingerprint density at radius 1 is 1.24 bits per heavy atom. The molecule has 0 unspecified atom stereocenters. The molecule has 0 aliphatic rings. The van der Waals surface area contributed by atoms with Crippen molar-refractivity contribution in [2.45, 2.75) is 33.1 Å². The van der Waals surface area contributed by atoms with Gasteiger partial charge < -0.3 is 0 Å². The van der Waals surface area contributed by atoms with Crippen molar-refractivity contribution in [2.75, 3.05) is 0 Å². The second-order valence-corrected chi connectivity index (χ2v) is 5.01. The Morgan fingerprint density at radius 2 is 2.00 bits per heavy atom. The Bertz CT molecular complexity index is 549. The van der Waals surface area contributed by atoms with Gasteiger partial charge in [-0.1, -0.05) is 48.7 Å². The number of nitrogens with zero attached hydrogens (tertiary/aromatic N) is 1. The van der Waals surface area contributed by atoms with E-state index < -0.39 is 0 Å². The smallest absolute Gasteiger partial charge is 0.0906 e. The Hall–Kier alpha value is -0.790. The van der Waals surface area contributed by atoms with Crippen LogP contribution in [0.15, 0.2) is 18.2 Å². The van der Waals surface area contributed by atoms with Gasteiger partial charge in [-0.15, -0.1) is 0 Å². The summed E-state index contributed by atoms with van der Waals surface area (Å²) in [6.07, 6.45) is 3.27. The van der Waals surface area contributed by atoms with E-state index in [0.29, 0.717) is 5.02 Å². The van der Waals surface area contributed by atoms with Crippen molar-refractivity contribution in [3.05, 3.63) is 39.5 Å². The monoisotopic (exact) mass is 267 g/mol. The average molecular weight is 268 g/mol. The lowest BCUT2D eigenvalue weighted by molar-refractivity contribution is 0.788. The fourth-order valence-corrected chi connectivity index (χ4v) is 2.61. The quantitative estimate of drug-likeness (QED) is 0.746. The number of hydrogen-bond acceptors (Lipinski definition) is 1. The molecule has 0 fully saturated rings. The molecule has 17 heavy (non-hydrogen) atoms. The Kier molecular flexibility index (Phi) is 3.90. The topological polar surface area (TPSA) is 12.9 Å². The third kappa shape index (κ3) is 2.41. The molecule has 0 radical (unpaired) electrons. The maximum atomic E-state index is 6.46. The summed E-state index contributed by atoms with van der Waals surface area (Å²) in [5.41, 5.74) is 2.95. The lowest BCUT2D eigenvalue weighted by Crippen LogP contribution is -1.96. The molecular formula is C14H15Cl2N. The molecule has 0 aliphatic carbocycles. The zero-order valence-corrected chi connectivity index (χ0v) is 11.6. The number of halogens is 2. The van der Waals surface area contributed by atoms with Crippen molar-refractivity contribution in [3.8, 4) is 0 Å². The highest BCUT2D eigenvalue weighted by atomic mass is 35.5. The number of hydrogen-bond donors (Lipinski definition) is 0. The van der Waals surface area contributed by atoms with Crippen LogP contribution >= 0.6 is 23.2 Å².